The molecular formula is C20H13Cl2NO2. The zero-order valence-corrected chi connectivity index (χ0v) is 14.5. The van der Waals surface area contributed by atoms with Crippen LogP contribution in [0.25, 0.3) is 11.1 Å². The third kappa shape index (κ3) is 3.73. The Bertz CT molecular complexity index is 939. The van der Waals surface area contributed by atoms with E-state index in [0.29, 0.717) is 11.3 Å². The first-order chi connectivity index (χ1) is 12.1. The van der Waals surface area contributed by atoms with E-state index in [1.54, 1.807) is 24.3 Å². The number of hydrogen-bond acceptors (Lipinski definition) is 2. The van der Waals surface area contributed by atoms with Crippen molar-refractivity contribution < 1.29 is 9.59 Å². The summed E-state index contributed by atoms with van der Waals surface area (Å²) < 4.78 is 0. The van der Waals surface area contributed by atoms with E-state index < -0.39 is 5.24 Å². The topological polar surface area (TPSA) is 46.2 Å². The summed E-state index contributed by atoms with van der Waals surface area (Å²) in [6.07, 6.45) is 0. The number of anilines is 1. The van der Waals surface area contributed by atoms with Crippen molar-refractivity contribution in [3.05, 3.63) is 88.9 Å². The molecule has 25 heavy (non-hydrogen) atoms. The molecule has 0 fully saturated rings. The molecule has 0 saturated carbocycles. The highest BCUT2D eigenvalue weighted by Crippen LogP contribution is 2.29. The lowest BCUT2D eigenvalue weighted by atomic mass is 9.99. The van der Waals surface area contributed by atoms with Crippen LogP contribution in [0.15, 0.2) is 72.8 Å². The van der Waals surface area contributed by atoms with E-state index in [9.17, 15) is 9.59 Å². The van der Waals surface area contributed by atoms with E-state index >= 15 is 0 Å². The molecule has 0 bridgehead atoms. The molecule has 1 N–H and O–H groups in total. The van der Waals surface area contributed by atoms with Crippen LogP contribution in [-0.4, -0.2) is 11.1 Å². The van der Waals surface area contributed by atoms with Gasteiger partial charge >= 0.3 is 0 Å². The number of rotatable bonds is 4. The van der Waals surface area contributed by atoms with Crippen LogP contribution in [0.1, 0.15) is 20.7 Å². The van der Waals surface area contributed by atoms with Gasteiger partial charge in [-0.3, -0.25) is 9.59 Å². The van der Waals surface area contributed by atoms with Crippen molar-refractivity contribution in [2.45, 2.75) is 0 Å². The molecule has 0 aliphatic rings. The molecular weight excluding hydrogens is 357 g/mol. The molecule has 0 saturated heterocycles. The highest BCUT2D eigenvalue weighted by Gasteiger charge is 2.16. The molecule has 1 amide bonds. The lowest BCUT2D eigenvalue weighted by Crippen LogP contribution is -2.14. The first-order valence-electron chi connectivity index (χ1n) is 7.52. The Labute approximate surface area is 155 Å². The Kier molecular flexibility index (Phi) is 5.17. The first-order valence-corrected chi connectivity index (χ1v) is 8.27. The molecule has 0 aliphatic heterocycles. The normalized spacial score (nSPS) is 10.3. The van der Waals surface area contributed by atoms with Gasteiger partial charge in [-0.05, 0) is 40.9 Å². The van der Waals surface area contributed by atoms with Crippen molar-refractivity contribution >= 4 is 40.0 Å². The van der Waals surface area contributed by atoms with Gasteiger partial charge in [-0.25, -0.2) is 0 Å². The summed E-state index contributed by atoms with van der Waals surface area (Å²) in [5, 5.41) is 2.19. The standard InChI is InChI=1S/C20H13Cl2NO2/c21-18-16(19(22)24)11-6-12-17(18)23-20(25)15-10-5-4-9-14(15)13-7-2-1-3-8-13/h1-12H,(H,23,25). The minimum Gasteiger partial charge on any atom is -0.321 e. The van der Waals surface area contributed by atoms with Gasteiger partial charge in [0.25, 0.3) is 11.1 Å². The molecule has 0 aromatic heterocycles. The van der Waals surface area contributed by atoms with Gasteiger partial charge in [0.15, 0.2) is 0 Å². The molecule has 0 radical (unpaired) electrons. The Hall–Kier alpha value is -2.62. The molecule has 3 rings (SSSR count). The summed E-state index contributed by atoms with van der Waals surface area (Å²) in [7, 11) is 0. The molecule has 3 aromatic carbocycles. The zero-order chi connectivity index (χ0) is 17.8. The summed E-state index contributed by atoms with van der Waals surface area (Å²) in [5.74, 6) is -0.319. The number of carbonyl (C=O) groups is 2. The van der Waals surface area contributed by atoms with Crippen LogP contribution in [0.5, 0.6) is 0 Å². The average molecular weight is 370 g/mol. The minimum absolute atomic E-state index is 0.119. The number of halogens is 2. The number of benzene rings is 3. The summed E-state index contributed by atoms with van der Waals surface area (Å²) in [6, 6.07) is 21.6. The molecule has 3 aromatic rings. The van der Waals surface area contributed by atoms with Crippen LogP contribution in [0, 0.1) is 0 Å². The van der Waals surface area contributed by atoms with Gasteiger partial charge in [0, 0.05) is 5.56 Å². The highest BCUT2D eigenvalue weighted by atomic mass is 35.5. The molecule has 0 aliphatic carbocycles. The largest absolute Gasteiger partial charge is 0.321 e. The highest BCUT2D eigenvalue weighted by molar-refractivity contribution is 6.69. The lowest BCUT2D eigenvalue weighted by molar-refractivity contribution is 0.102. The second-order valence-electron chi connectivity index (χ2n) is 5.31. The fourth-order valence-electron chi connectivity index (χ4n) is 2.52. The van der Waals surface area contributed by atoms with E-state index in [1.165, 1.54) is 6.07 Å². The van der Waals surface area contributed by atoms with E-state index in [-0.39, 0.29) is 16.5 Å². The maximum absolute atomic E-state index is 12.8. The van der Waals surface area contributed by atoms with Crippen LogP contribution < -0.4 is 5.32 Å². The SMILES string of the molecule is O=C(Nc1cccc(C(=O)Cl)c1Cl)c1ccccc1-c1ccccc1. The van der Waals surface area contributed by atoms with Crippen molar-refractivity contribution in [1.82, 2.24) is 0 Å². The Morgan fingerprint density at radius 3 is 2.12 bits per heavy atom. The van der Waals surface area contributed by atoms with Gasteiger partial charge < -0.3 is 5.32 Å². The number of hydrogen-bond donors (Lipinski definition) is 1. The zero-order valence-electron chi connectivity index (χ0n) is 13.0. The summed E-state index contributed by atoms with van der Waals surface area (Å²) in [4.78, 5) is 24.1. The van der Waals surface area contributed by atoms with Crippen molar-refractivity contribution in [3.8, 4) is 11.1 Å². The number of amides is 1. The number of nitrogens with one attached hydrogen (secondary N) is 1. The smallest absolute Gasteiger partial charge is 0.256 e. The molecule has 0 spiro atoms. The molecule has 0 heterocycles. The predicted octanol–water partition coefficient (Wildman–Crippen LogP) is 5.64. The average Bonchev–Trinajstić information content (AvgIpc) is 2.64. The van der Waals surface area contributed by atoms with Crippen LogP contribution in [-0.2, 0) is 0 Å². The van der Waals surface area contributed by atoms with Gasteiger partial charge in [0.1, 0.15) is 0 Å². The van der Waals surface area contributed by atoms with E-state index in [2.05, 4.69) is 5.32 Å². The Morgan fingerprint density at radius 1 is 0.760 bits per heavy atom. The van der Waals surface area contributed by atoms with Crippen LogP contribution >= 0.6 is 23.2 Å². The van der Waals surface area contributed by atoms with Crippen molar-refractivity contribution in [1.29, 1.82) is 0 Å². The first kappa shape index (κ1) is 17.2. The van der Waals surface area contributed by atoms with Gasteiger partial charge in [0.05, 0.1) is 16.3 Å². The second kappa shape index (κ2) is 7.51. The predicted molar refractivity (Wildman–Crippen MR) is 101 cm³/mol. The fraction of sp³-hybridized carbons (Fsp3) is 0. The maximum Gasteiger partial charge on any atom is 0.256 e. The monoisotopic (exact) mass is 369 g/mol. The molecule has 0 unspecified atom stereocenters. The van der Waals surface area contributed by atoms with Gasteiger partial charge in [-0.1, -0.05) is 66.2 Å². The molecule has 0 atom stereocenters. The Balaban J connectivity index is 1.96. The fourth-order valence-corrected chi connectivity index (χ4v) is 2.99. The van der Waals surface area contributed by atoms with Crippen LogP contribution in [0.2, 0.25) is 5.02 Å². The van der Waals surface area contributed by atoms with Crippen LogP contribution in [0.3, 0.4) is 0 Å². The molecule has 124 valence electrons. The Morgan fingerprint density at radius 2 is 1.40 bits per heavy atom. The molecule has 3 nitrogen and oxygen atoms in total. The van der Waals surface area contributed by atoms with Gasteiger partial charge in [-0.15, -0.1) is 0 Å². The second-order valence-corrected chi connectivity index (χ2v) is 6.03. The minimum atomic E-state index is -0.675. The summed E-state index contributed by atoms with van der Waals surface area (Å²) in [5.41, 5.74) is 2.73. The molecule has 5 heteroatoms. The summed E-state index contributed by atoms with van der Waals surface area (Å²) in [6.45, 7) is 0. The van der Waals surface area contributed by atoms with E-state index in [4.69, 9.17) is 23.2 Å². The third-order valence-electron chi connectivity index (χ3n) is 3.72. The van der Waals surface area contributed by atoms with Crippen molar-refractivity contribution in [3.63, 3.8) is 0 Å². The van der Waals surface area contributed by atoms with Gasteiger partial charge in [-0.2, -0.15) is 0 Å². The van der Waals surface area contributed by atoms with E-state index in [1.807, 2.05) is 42.5 Å². The number of carbonyl (C=O) groups excluding carboxylic acids is 2. The van der Waals surface area contributed by atoms with Crippen molar-refractivity contribution in [2.75, 3.05) is 5.32 Å². The quantitative estimate of drug-likeness (QED) is 0.605. The third-order valence-corrected chi connectivity index (χ3v) is 4.33. The van der Waals surface area contributed by atoms with Crippen molar-refractivity contribution in [2.24, 2.45) is 0 Å². The van der Waals surface area contributed by atoms with Crippen LogP contribution in [0.4, 0.5) is 5.69 Å². The lowest BCUT2D eigenvalue weighted by Gasteiger charge is -2.12. The maximum atomic E-state index is 12.8. The van der Waals surface area contributed by atoms with Gasteiger partial charge in [0.2, 0.25) is 0 Å². The summed E-state index contributed by atoms with van der Waals surface area (Å²) >= 11 is 11.7. The van der Waals surface area contributed by atoms with E-state index in [0.717, 1.165) is 11.1 Å².